The van der Waals surface area contributed by atoms with Gasteiger partial charge in [-0.05, 0) is 18.1 Å². The second kappa shape index (κ2) is 6.43. The van der Waals surface area contributed by atoms with E-state index in [0.29, 0.717) is 5.69 Å². The van der Waals surface area contributed by atoms with Gasteiger partial charge in [-0.3, -0.25) is 10.1 Å². The summed E-state index contributed by atoms with van der Waals surface area (Å²) in [5, 5.41) is 17.4. The fourth-order valence-electron chi connectivity index (χ4n) is 1.01. The first-order valence-electron chi connectivity index (χ1n) is 5.32. The van der Waals surface area contributed by atoms with E-state index in [-0.39, 0.29) is 18.2 Å². The Morgan fingerprint density at radius 3 is 2.50 bits per heavy atom. The van der Waals surface area contributed by atoms with Crippen molar-refractivity contribution in [3.8, 4) is 0 Å². The molecule has 18 heavy (non-hydrogen) atoms. The minimum absolute atomic E-state index is 0.0451. The van der Waals surface area contributed by atoms with Crippen LogP contribution in [-0.2, 0) is 4.74 Å². The Kier molecular flexibility index (Phi) is 4.91. The standard InChI is InChI=1S/C11H13N3O4/c1-8(2)7-18-11(15)13-12-9-3-5-10(6-4-9)14(16)17/h3-6,8H,7H2,1-2H3. The molecule has 0 spiro atoms. The van der Waals surface area contributed by atoms with Crippen molar-refractivity contribution in [2.45, 2.75) is 13.8 Å². The molecule has 1 rings (SSSR count). The quantitative estimate of drug-likeness (QED) is 0.465. The third-order valence-corrected chi connectivity index (χ3v) is 1.85. The molecule has 0 aromatic heterocycles. The molecule has 0 N–H and O–H groups in total. The predicted octanol–water partition coefficient (Wildman–Crippen LogP) is 3.47. The molecular weight excluding hydrogens is 238 g/mol. The first kappa shape index (κ1) is 13.8. The number of hydrogen-bond acceptors (Lipinski definition) is 5. The van der Waals surface area contributed by atoms with Crippen molar-refractivity contribution >= 4 is 17.5 Å². The minimum Gasteiger partial charge on any atom is -0.447 e. The molecule has 0 aliphatic heterocycles. The van der Waals surface area contributed by atoms with Gasteiger partial charge in [0.15, 0.2) is 0 Å². The van der Waals surface area contributed by atoms with Gasteiger partial charge in [0.2, 0.25) is 0 Å². The molecule has 0 atom stereocenters. The van der Waals surface area contributed by atoms with Crippen LogP contribution in [0.5, 0.6) is 0 Å². The number of carbonyl (C=O) groups excluding carboxylic acids is 1. The van der Waals surface area contributed by atoms with Crippen LogP contribution in [0.3, 0.4) is 0 Å². The normalized spacial score (nSPS) is 10.8. The maximum atomic E-state index is 11.1. The van der Waals surface area contributed by atoms with Gasteiger partial charge in [-0.2, -0.15) is 0 Å². The van der Waals surface area contributed by atoms with Crippen LogP contribution in [0, 0.1) is 16.0 Å². The van der Waals surface area contributed by atoms with Crippen molar-refractivity contribution in [3.63, 3.8) is 0 Å². The third kappa shape index (κ3) is 4.69. The van der Waals surface area contributed by atoms with Crippen LogP contribution < -0.4 is 0 Å². The molecule has 7 nitrogen and oxygen atoms in total. The highest BCUT2D eigenvalue weighted by Crippen LogP contribution is 2.18. The number of nitrogens with zero attached hydrogens (tertiary/aromatic N) is 3. The van der Waals surface area contributed by atoms with Gasteiger partial charge in [0.25, 0.3) is 5.69 Å². The van der Waals surface area contributed by atoms with E-state index >= 15 is 0 Å². The monoisotopic (exact) mass is 251 g/mol. The molecule has 0 saturated carbocycles. The van der Waals surface area contributed by atoms with Gasteiger partial charge in [-0.1, -0.05) is 19.0 Å². The lowest BCUT2D eigenvalue weighted by atomic mass is 10.2. The van der Waals surface area contributed by atoms with Crippen molar-refractivity contribution in [1.82, 2.24) is 0 Å². The summed E-state index contributed by atoms with van der Waals surface area (Å²) < 4.78 is 4.78. The molecule has 0 bridgehead atoms. The summed E-state index contributed by atoms with van der Waals surface area (Å²) in [6.07, 6.45) is -0.776. The van der Waals surface area contributed by atoms with Crippen LogP contribution in [0.15, 0.2) is 34.5 Å². The maximum absolute atomic E-state index is 11.1. The Labute approximate surface area is 104 Å². The highest BCUT2D eigenvalue weighted by molar-refractivity contribution is 5.67. The molecule has 1 aromatic carbocycles. The SMILES string of the molecule is CC(C)COC(=O)N=Nc1ccc([N+](=O)[O-])cc1. The maximum Gasteiger partial charge on any atom is 0.452 e. The van der Waals surface area contributed by atoms with E-state index in [1.807, 2.05) is 13.8 Å². The van der Waals surface area contributed by atoms with Gasteiger partial charge < -0.3 is 4.74 Å². The number of non-ortho nitro benzene ring substituents is 1. The topological polar surface area (TPSA) is 94.2 Å². The molecule has 0 radical (unpaired) electrons. The zero-order valence-electron chi connectivity index (χ0n) is 10.1. The Balaban J connectivity index is 2.56. The molecule has 0 aliphatic rings. The Bertz CT molecular complexity index is 454. The number of nitro groups is 1. The molecule has 0 unspecified atom stereocenters. The second-order valence-electron chi connectivity index (χ2n) is 3.94. The predicted molar refractivity (Wildman–Crippen MR) is 63.8 cm³/mol. The van der Waals surface area contributed by atoms with Gasteiger partial charge in [0.1, 0.15) is 0 Å². The molecule has 0 fully saturated rings. The van der Waals surface area contributed by atoms with Crippen LogP contribution in [-0.4, -0.2) is 17.6 Å². The lowest BCUT2D eigenvalue weighted by molar-refractivity contribution is -0.384. The number of amides is 1. The number of nitro benzene ring substituents is 1. The van der Waals surface area contributed by atoms with Gasteiger partial charge >= 0.3 is 6.09 Å². The van der Waals surface area contributed by atoms with E-state index in [2.05, 4.69) is 10.2 Å². The van der Waals surface area contributed by atoms with E-state index in [4.69, 9.17) is 4.74 Å². The molecule has 96 valence electrons. The molecule has 0 heterocycles. The van der Waals surface area contributed by atoms with Crippen LogP contribution in [0.1, 0.15) is 13.8 Å². The average Bonchev–Trinajstić information content (AvgIpc) is 2.34. The van der Waals surface area contributed by atoms with Crippen LogP contribution in [0.4, 0.5) is 16.2 Å². The van der Waals surface area contributed by atoms with Crippen molar-refractivity contribution in [2.75, 3.05) is 6.61 Å². The fraction of sp³-hybridized carbons (Fsp3) is 0.364. The summed E-state index contributed by atoms with van der Waals surface area (Å²) in [5.74, 6) is 0.225. The van der Waals surface area contributed by atoms with Crippen LogP contribution in [0.2, 0.25) is 0 Å². The van der Waals surface area contributed by atoms with E-state index < -0.39 is 11.0 Å². The van der Waals surface area contributed by atoms with Gasteiger partial charge in [0, 0.05) is 12.1 Å². The number of ether oxygens (including phenoxy) is 1. The summed E-state index contributed by atoms with van der Waals surface area (Å²) in [6, 6.07) is 5.37. The molecule has 1 aromatic rings. The zero-order valence-corrected chi connectivity index (χ0v) is 10.1. The highest BCUT2D eigenvalue weighted by Gasteiger charge is 2.04. The summed E-state index contributed by atoms with van der Waals surface area (Å²) in [4.78, 5) is 21.0. The molecule has 1 amide bonds. The number of rotatable bonds is 4. The number of benzene rings is 1. The van der Waals surface area contributed by atoms with E-state index in [0.717, 1.165) is 0 Å². The Morgan fingerprint density at radius 1 is 1.39 bits per heavy atom. The number of azo groups is 1. The summed E-state index contributed by atoms with van der Waals surface area (Å²) in [5.41, 5.74) is 0.304. The van der Waals surface area contributed by atoms with Crippen molar-refractivity contribution < 1.29 is 14.5 Å². The molecular formula is C11H13N3O4. The minimum atomic E-state index is -0.776. The fourth-order valence-corrected chi connectivity index (χ4v) is 1.01. The Hall–Kier alpha value is -2.31. The van der Waals surface area contributed by atoms with Crippen molar-refractivity contribution in [2.24, 2.45) is 16.1 Å². The Morgan fingerprint density at radius 2 is 2.00 bits per heavy atom. The van der Waals surface area contributed by atoms with E-state index in [1.165, 1.54) is 24.3 Å². The van der Waals surface area contributed by atoms with Crippen molar-refractivity contribution in [1.29, 1.82) is 0 Å². The van der Waals surface area contributed by atoms with Crippen LogP contribution in [0.25, 0.3) is 0 Å². The first-order chi connectivity index (χ1) is 8.49. The zero-order chi connectivity index (χ0) is 13.5. The van der Waals surface area contributed by atoms with Crippen LogP contribution >= 0.6 is 0 Å². The van der Waals surface area contributed by atoms with Crippen molar-refractivity contribution in [3.05, 3.63) is 34.4 Å². The lowest BCUT2D eigenvalue weighted by Gasteiger charge is -2.02. The average molecular weight is 251 g/mol. The highest BCUT2D eigenvalue weighted by atomic mass is 16.6. The first-order valence-corrected chi connectivity index (χ1v) is 5.32. The van der Waals surface area contributed by atoms with E-state index in [1.54, 1.807) is 0 Å². The smallest absolute Gasteiger partial charge is 0.447 e. The second-order valence-corrected chi connectivity index (χ2v) is 3.94. The lowest BCUT2D eigenvalue weighted by Crippen LogP contribution is -2.05. The third-order valence-electron chi connectivity index (χ3n) is 1.85. The van der Waals surface area contributed by atoms with Gasteiger partial charge in [-0.15, -0.1) is 5.11 Å². The summed E-state index contributed by atoms with van der Waals surface area (Å²) in [6.45, 7) is 4.08. The number of carbonyl (C=O) groups is 1. The van der Waals surface area contributed by atoms with Gasteiger partial charge in [-0.25, -0.2) is 4.79 Å². The summed E-state index contributed by atoms with van der Waals surface area (Å²) >= 11 is 0. The largest absolute Gasteiger partial charge is 0.452 e. The van der Waals surface area contributed by atoms with E-state index in [9.17, 15) is 14.9 Å². The number of hydrogen-bond donors (Lipinski definition) is 0. The van der Waals surface area contributed by atoms with Gasteiger partial charge in [0.05, 0.1) is 17.2 Å². The molecule has 0 aliphatic carbocycles. The molecule has 7 heteroatoms. The summed E-state index contributed by atoms with van der Waals surface area (Å²) in [7, 11) is 0. The molecule has 0 saturated heterocycles.